The summed E-state index contributed by atoms with van der Waals surface area (Å²) in [6, 6.07) is 4.70. The van der Waals surface area contributed by atoms with Crippen molar-refractivity contribution < 1.29 is 18.3 Å². The van der Waals surface area contributed by atoms with Crippen LogP contribution in [-0.4, -0.2) is 18.1 Å². The highest BCUT2D eigenvalue weighted by Gasteiger charge is 2.24. The number of aromatic nitrogens is 1. The molecule has 0 radical (unpaired) electrons. The van der Waals surface area contributed by atoms with Gasteiger partial charge in [0.05, 0.1) is 29.1 Å². The minimum atomic E-state index is -0.840. The average molecular weight is 355 g/mol. The average Bonchev–Trinajstić information content (AvgIpc) is 3.04. The minimum Gasteiger partial charge on any atom is -0.464 e. The molecular formula is C15H9Cl2FN2O3. The summed E-state index contributed by atoms with van der Waals surface area (Å²) >= 11 is 11.9. The number of esters is 1. The second kappa shape index (κ2) is 5.72. The number of hydrogen-bond donors (Lipinski definition) is 1. The van der Waals surface area contributed by atoms with Crippen molar-refractivity contribution in [1.82, 2.24) is 4.98 Å². The molecule has 1 aromatic carbocycles. The van der Waals surface area contributed by atoms with Crippen LogP contribution < -0.4 is 5.73 Å². The molecule has 2 aromatic heterocycles. The Balaban J connectivity index is 2.35. The quantitative estimate of drug-likeness (QED) is 0.693. The zero-order valence-corrected chi connectivity index (χ0v) is 13.2. The van der Waals surface area contributed by atoms with Crippen LogP contribution in [-0.2, 0) is 4.74 Å². The maximum Gasteiger partial charge on any atom is 0.358 e. The molecule has 0 aliphatic heterocycles. The summed E-state index contributed by atoms with van der Waals surface area (Å²) in [4.78, 5) is 15.7. The van der Waals surface area contributed by atoms with Crippen molar-refractivity contribution >= 4 is 45.8 Å². The third kappa shape index (κ3) is 2.40. The number of carbonyl (C=O) groups is 1. The number of hydrogen-bond acceptors (Lipinski definition) is 5. The monoisotopic (exact) mass is 354 g/mol. The Kier molecular flexibility index (Phi) is 3.87. The van der Waals surface area contributed by atoms with Crippen LogP contribution in [0, 0.1) is 5.82 Å². The van der Waals surface area contributed by atoms with E-state index in [9.17, 15) is 9.18 Å². The van der Waals surface area contributed by atoms with E-state index in [1.807, 2.05) is 0 Å². The first-order valence-electron chi connectivity index (χ1n) is 6.34. The van der Waals surface area contributed by atoms with Crippen LogP contribution in [0.1, 0.15) is 10.5 Å². The second-order valence-electron chi connectivity index (χ2n) is 4.60. The van der Waals surface area contributed by atoms with E-state index in [1.54, 1.807) is 12.1 Å². The Bertz CT molecular complexity index is 940. The molecule has 23 heavy (non-hydrogen) atoms. The number of nitrogen functional groups attached to an aromatic ring is 1. The van der Waals surface area contributed by atoms with E-state index in [2.05, 4.69) is 9.72 Å². The van der Waals surface area contributed by atoms with Crippen LogP contribution in [0.4, 0.5) is 10.1 Å². The van der Waals surface area contributed by atoms with Gasteiger partial charge in [0.2, 0.25) is 0 Å². The normalized spacial score (nSPS) is 11.0. The van der Waals surface area contributed by atoms with Gasteiger partial charge in [0.15, 0.2) is 17.1 Å². The van der Waals surface area contributed by atoms with Crippen LogP contribution in [0.5, 0.6) is 0 Å². The van der Waals surface area contributed by atoms with Gasteiger partial charge in [0.25, 0.3) is 0 Å². The predicted molar refractivity (Wildman–Crippen MR) is 85.2 cm³/mol. The summed E-state index contributed by atoms with van der Waals surface area (Å²) < 4.78 is 24.4. The lowest BCUT2D eigenvalue weighted by molar-refractivity contribution is 0.0594. The van der Waals surface area contributed by atoms with Gasteiger partial charge in [-0.3, -0.25) is 0 Å². The Morgan fingerprint density at radius 3 is 2.78 bits per heavy atom. The van der Waals surface area contributed by atoms with E-state index in [0.29, 0.717) is 21.6 Å². The number of rotatable bonds is 2. The van der Waals surface area contributed by atoms with Crippen molar-refractivity contribution in [2.75, 3.05) is 12.8 Å². The Labute approximate surface area is 139 Å². The second-order valence-corrected chi connectivity index (χ2v) is 5.39. The number of furan rings is 1. The van der Waals surface area contributed by atoms with Gasteiger partial charge in [-0.1, -0.05) is 29.3 Å². The van der Waals surface area contributed by atoms with E-state index in [-0.39, 0.29) is 22.1 Å². The molecule has 0 fully saturated rings. The topological polar surface area (TPSA) is 78.3 Å². The lowest BCUT2D eigenvalue weighted by Gasteiger charge is -2.11. The first-order valence-corrected chi connectivity index (χ1v) is 7.10. The standard InChI is InChI=1S/C15H9Cl2FN2O3/c1-22-15(21)13-9(17)11(19)10(18)12(20-13)6-2-3-8(16)14-7(6)4-5-23-14/h2-5H,1H3,(H2,19,20). The summed E-state index contributed by atoms with van der Waals surface area (Å²) in [5, 5.41) is 0.598. The van der Waals surface area contributed by atoms with Crippen molar-refractivity contribution in [3.8, 4) is 11.3 Å². The highest BCUT2D eigenvalue weighted by molar-refractivity contribution is 6.36. The fourth-order valence-corrected chi connectivity index (χ4v) is 2.62. The maximum absolute atomic E-state index is 14.5. The van der Waals surface area contributed by atoms with Crippen LogP contribution >= 0.6 is 23.2 Å². The minimum absolute atomic E-state index is 0.143. The Morgan fingerprint density at radius 2 is 2.09 bits per heavy atom. The Morgan fingerprint density at radius 1 is 1.35 bits per heavy atom. The number of halogens is 3. The summed E-state index contributed by atoms with van der Waals surface area (Å²) in [7, 11) is 1.16. The van der Waals surface area contributed by atoms with Crippen molar-refractivity contribution in [1.29, 1.82) is 0 Å². The molecule has 2 N–H and O–H groups in total. The number of pyridine rings is 1. The summed E-state index contributed by atoms with van der Waals surface area (Å²) in [6.45, 7) is 0. The molecule has 0 aliphatic rings. The van der Waals surface area contributed by atoms with Crippen LogP contribution in [0.3, 0.4) is 0 Å². The van der Waals surface area contributed by atoms with Gasteiger partial charge in [0, 0.05) is 10.9 Å². The molecular weight excluding hydrogens is 346 g/mol. The van der Waals surface area contributed by atoms with E-state index < -0.39 is 11.8 Å². The fraction of sp³-hybridized carbons (Fsp3) is 0.0667. The lowest BCUT2D eigenvalue weighted by atomic mass is 10.0. The zero-order valence-electron chi connectivity index (χ0n) is 11.7. The van der Waals surface area contributed by atoms with Crippen molar-refractivity contribution in [3.63, 3.8) is 0 Å². The number of methoxy groups -OCH3 is 1. The summed E-state index contributed by atoms with van der Waals surface area (Å²) in [5.41, 5.74) is 5.60. The molecule has 0 aliphatic carbocycles. The molecule has 118 valence electrons. The van der Waals surface area contributed by atoms with Gasteiger partial charge in [-0.15, -0.1) is 0 Å². The van der Waals surface area contributed by atoms with Crippen molar-refractivity contribution in [2.24, 2.45) is 0 Å². The van der Waals surface area contributed by atoms with Crippen LogP contribution in [0.2, 0.25) is 10.0 Å². The predicted octanol–water partition coefficient (Wildman–Crippen LogP) is 4.31. The van der Waals surface area contributed by atoms with Gasteiger partial charge >= 0.3 is 5.97 Å². The molecule has 0 atom stereocenters. The molecule has 8 heteroatoms. The van der Waals surface area contributed by atoms with Gasteiger partial charge in [0.1, 0.15) is 5.69 Å². The Hall–Kier alpha value is -2.31. The number of ether oxygens (including phenoxy) is 1. The third-order valence-electron chi connectivity index (χ3n) is 3.31. The van der Waals surface area contributed by atoms with E-state index in [0.717, 1.165) is 7.11 Å². The summed E-state index contributed by atoms with van der Waals surface area (Å²) in [5.74, 6) is -1.66. The maximum atomic E-state index is 14.5. The number of fused-ring (bicyclic) bond motifs is 1. The molecule has 0 saturated heterocycles. The molecule has 0 spiro atoms. The van der Waals surface area contributed by atoms with E-state index in [1.165, 1.54) is 12.3 Å². The first-order chi connectivity index (χ1) is 11.0. The van der Waals surface area contributed by atoms with Gasteiger partial charge in [-0.25, -0.2) is 14.2 Å². The van der Waals surface area contributed by atoms with Gasteiger partial charge < -0.3 is 14.9 Å². The molecule has 0 unspecified atom stereocenters. The highest BCUT2D eigenvalue weighted by Crippen LogP contribution is 2.37. The van der Waals surface area contributed by atoms with Gasteiger partial charge in [-0.05, 0) is 12.1 Å². The number of nitrogens with zero attached hydrogens (tertiary/aromatic N) is 1. The zero-order chi connectivity index (χ0) is 16.7. The first kappa shape index (κ1) is 15.6. The number of nitrogens with two attached hydrogens (primary N) is 1. The van der Waals surface area contributed by atoms with E-state index >= 15 is 0 Å². The lowest BCUT2D eigenvalue weighted by Crippen LogP contribution is -2.10. The number of carbonyl (C=O) groups excluding carboxylic acids is 1. The van der Waals surface area contributed by atoms with Gasteiger partial charge in [-0.2, -0.15) is 0 Å². The highest BCUT2D eigenvalue weighted by atomic mass is 35.5. The molecule has 0 bridgehead atoms. The fourth-order valence-electron chi connectivity index (χ4n) is 2.21. The largest absolute Gasteiger partial charge is 0.464 e. The molecule has 5 nitrogen and oxygen atoms in total. The molecule has 3 aromatic rings. The molecule has 3 rings (SSSR count). The van der Waals surface area contributed by atoms with E-state index in [4.69, 9.17) is 33.4 Å². The number of anilines is 1. The van der Waals surface area contributed by atoms with Crippen molar-refractivity contribution in [3.05, 3.63) is 46.0 Å². The smallest absolute Gasteiger partial charge is 0.358 e. The van der Waals surface area contributed by atoms with Crippen LogP contribution in [0.25, 0.3) is 22.2 Å². The summed E-state index contributed by atoms with van der Waals surface area (Å²) in [6.07, 6.45) is 1.42. The number of benzene rings is 1. The molecule has 0 saturated carbocycles. The third-order valence-corrected chi connectivity index (χ3v) is 4.00. The SMILES string of the molecule is COC(=O)c1nc(-c2ccc(Cl)c3occc23)c(F)c(N)c1Cl. The molecule has 0 amide bonds. The van der Waals surface area contributed by atoms with Crippen molar-refractivity contribution in [2.45, 2.75) is 0 Å². The van der Waals surface area contributed by atoms with Crippen LogP contribution in [0.15, 0.2) is 28.9 Å². The molecule has 2 heterocycles.